The van der Waals surface area contributed by atoms with Crippen molar-refractivity contribution < 1.29 is 8.42 Å². The van der Waals surface area contributed by atoms with Crippen LogP contribution in [0, 0.1) is 6.92 Å². The normalized spacial score (nSPS) is 11.5. The molecule has 21 heavy (non-hydrogen) atoms. The maximum atomic E-state index is 12.2. The predicted octanol–water partition coefficient (Wildman–Crippen LogP) is 2.04. The van der Waals surface area contributed by atoms with E-state index in [4.69, 9.17) is 11.6 Å². The SMILES string of the molecule is Cc1cnc(CNS(=O)(=O)c2ccc(CCCl)cc2)cn1. The summed E-state index contributed by atoms with van der Waals surface area (Å²) in [5.41, 5.74) is 2.37. The van der Waals surface area contributed by atoms with Crippen LogP contribution in [0.3, 0.4) is 0 Å². The van der Waals surface area contributed by atoms with Gasteiger partial charge in [0.05, 0.1) is 29.0 Å². The first kappa shape index (κ1) is 15.9. The number of hydrogen-bond donors (Lipinski definition) is 1. The Kier molecular flexibility index (Phi) is 5.27. The van der Waals surface area contributed by atoms with E-state index < -0.39 is 10.0 Å². The molecule has 1 aromatic carbocycles. The van der Waals surface area contributed by atoms with Gasteiger partial charge >= 0.3 is 0 Å². The first-order valence-electron chi connectivity index (χ1n) is 6.43. The summed E-state index contributed by atoms with van der Waals surface area (Å²) in [5, 5.41) is 0. The molecule has 0 unspecified atom stereocenters. The van der Waals surface area contributed by atoms with E-state index in [0.717, 1.165) is 11.3 Å². The molecule has 0 saturated carbocycles. The van der Waals surface area contributed by atoms with E-state index in [0.29, 0.717) is 18.0 Å². The molecule has 112 valence electrons. The zero-order chi connectivity index (χ0) is 15.3. The lowest BCUT2D eigenvalue weighted by molar-refractivity contribution is 0.580. The van der Waals surface area contributed by atoms with Crippen LogP contribution in [0.25, 0.3) is 0 Å². The Morgan fingerprint density at radius 3 is 2.43 bits per heavy atom. The number of nitrogens with one attached hydrogen (secondary N) is 1. The van der Waals surface area contributed by atoms with E-state index in [2.05, 4.69) is 14.7 Å². The summed E-state index contributed by atoms with van der Waals surface area (Å²) >= 11 is 5.65. The summed E-state index contributed by atoms with van der Waals surface area (Å²) in [4.78, 5) is 8.41. The molecule has 7 heteroatoms. The zero-order valence-corrected chi connectivity index (χ0v) is 13.2. The summed E-state index contributed by atoms with van der Waals surface area (Å²) in [6.07, 6.45) is 3.88. The molecule has 0 aliphatic heterocycles. The maximum Gasteiger partial charge on any atom is 0.240 e. The third kappa shape index (κ3) is 4.49. The smallest absolute Gasteiger partial charge is 0.240 e. The van der Waals surface area contributed by atoms with Crippen molar-refractivity contribution in [2.24, 2.45) is 0 Å². The first-order valence-corrected chi connectivity index (χ1v) is 8.45. The minimum absolute atomic E-state index is 0.110. The van der Waals surface area contributed by atoms with Gasteiger partial charge in [-0.1, -0.05) is 12.1 Å². The van der Waals surface area contributed by atoms with Crippen LogP contribution in [0.4, 0.5) is 0 Å². The van der Waals surface area contributed by atoms with E-state index in [1.807, 2.05) is 6.92 Å². The second kappa shape index (κ2) is 6.98. The summed E-state index contributed by atoms with van der Waals surface area (Å²) in [6, 6.07) is 6.68. The van der Waals surface area contributed by atoms with Crippen LogP contribution in [-0.2, 0) is 23.0 Å². The lowest BCUT2D eigenvalue weighted by Gasteiger charge is -2.07. The highest BCUT2D eigenvalue weighted by Crippen LogP contribution is 2.11. The molecule has 0 radical (unpaired) electrons. The van der Waals surface area contributed by atoms with Crippen LogP contribution in [0.15, 0.2) is 41.6 Å². The number of alkyl halides is 1. The minimum atomic E-state index is -3.55. The molecular formula is C14H16ClN3O2S. The number of nitrogens with zero attached hydrogens (tertiary/aromatic N) is 2. The van der Waals surface area contributed by atoms with Gasteiger partial charge in [0.25, 0.3) is 0 Å². The number of sulfonamides is 1. The molecule has 2 aromatic rings. The van der Waals surface area contributed by atoms with Gasteiger partial charge in [0.1, 0.15) is 0 Å². The van der Waals surface area contributed by atoms with Gasteiger partial charge in [0.2, 0.25) is 10.0 Å². The van der Waals surface area contributed by atoms with E-state index in [1.165, 1.54) is 0 Å². The molecular weight excluding hydrogens is 310 g/mol. The van der Waals surface area contributed by atoms with Crippen molar-refractivity contribution in [3.63, 3.8) is 0 Å². The molecule has 5 nitrogen and oxygen atoms in total. The molecule has 0 saturated heterocycles. The van der Waals surface area contributed by atoms with Crippen molar-refractivity contribution in [2.45, 2.75) is 24.8 Å². The molecule has 1 heterocycles. The van der Waals surface area contributed by atoms with Crippen LogP contribution in [0.1, 0.15) is 17.0 Å². The maximum absolute atomic E-state index is 12.2. The highest BCUT2D eigenvalue weighted by Gasteiger charge is 2.13. The van der Waals surface area contributed by atoms with Crippen molar-refractivity contribution in [1.29, 1.82) is 0 Å². The van der Waals surface area contributed by atoms with Crippen LogP contribution < -0.4 is 4.72 Å². The van der Waals surface area contributed by atoms with Crippen molar-refractivity contribution in [1.82, 2.24) is 14.7 Å². The van der Waals surface area contributed by atoms with E-state index in [9.17, 15) is 8.42 Å². The summed E-state index contributed by atoms with van der Waals surface area (Å²) < 4.78 is 26.8. The third-order valence-electron chi connectivity index (χ3n) is 2.89. The quantitative estimate of drug-likeness (QED) is 0.825. The van der Waals surface area contributed by atoms with Gasteiger partial charge in [-0.15, -0.1) is 11.6 Å². The summed E-state index contributed by atoms with van der Waals surface area (Å²) in [5.74, 6) is 0.510. The van der Waals surface area contributed by atoms with Crippen molar-refractivity contribution in [2.75, 3.05) is 5.88 Å². The molecule has 1 aromatic heterocycles. The zero-order valence-electron chi connectivity index (χ0n) is 11.6. The molecule has 2 rings (SSSR count). The molecule has 0 spiro atoms. The average molecular weight is 326 g/mol. The van der Waals surface area contributed by atoms with Gasteiger partial charge in [-0.3, -0.25) is 9.97 Å². The van der Waals surface area contributed by atoms with Crippen LogP contribution in [0.2, 0.25) is 0 Å². The van der Waals surface area contributed by atoms with E-state index in [1.54, 1.807) is 36.7 Å². The Labute approximate surface area is 129 Å². The molecule has 0 bridgehead atoms. The Morgan fingerprint density at radius 1 is 1.14 bits per heavy atom. The molecule has 0 aliphatic carbocycles. The Morgan fingerprint density at radius 2 is 1.86 bits per heavy atom. The van der Waals surface area contributed by atoms with Gasteiger partial charge in [-0.05, 0) is 31.0 Å². The number of hydrogen-bond acceptors (Lipinski definition) is 4. The summed E-state index contributed by atoms with van der Waals surface area (Å²) in [7, 11) is -3.55. The lowest BCUT2D eigenvalue weighted by atomic mass is 10.2. The fraction of sp³-hybridized carbons (Fsp3) is 0.286. The summed E-state index contributed by atoms with van der Waals surface area (Å²) in [6.45, 7) is 1.93. The Balaban J connectivity index is 2.05. The Hall–Kier alpha value is -1.50. The van der Waals surface area contributed by atoms with Gasteiger partial charge in [-0.2, -0.15) is 0 Å². The van der Waals surface area contributed by atoms with Crippen LogP contribution in [-0.4, -0.2) is 24.3 Å². The standard InChI is InChI=1S/C14H16ClN3O2S/c1-11-8-17-13(9-16-11)10-18-21(19,20)14-4-2-12(3-5-14)6-7-15/h2-5,8-9,18H,6-7,10H2,1H3. The lowest BCUT2D eigenvalue weighted by Crippen LogP contribution is -2.23. The predicted molar refractivity (Wildman–Crippen MR) is 81.7 cm³/mol. The minimum Gasteiger partial charge on any atom is -0.258 e. The molecule has 0 fully saturated rings. The first-order chi connectivity index (χ1) is 10.0. The highest BCUT2D eigenvalue weighted by molar-refractivity contribution is 7.89. The molecule has 1 N–H and O–H groups in total. The van der Waals surface area contributed by atoms with Crippen molar-refractivity contribution in [3.8, 4) is 0 Å². The van der Waals surface area contributed by atoms with Crippen molar-refractivity contribution in [3.05, 3.63) is 53.6 Å². The van der Waals surface area contributed by atoms with Gasteiger partial charge < -0.3 is 0 Å². The van der Waals surface area contributed by atoms with E-state index >= 15 is 0 Å². The number of aromatic nitrogens is 2. The topological polar surface area (TPSA) is 72.0 Å². The fourth-order valence-corrected chi connectivity index (χ4v) is 2.92. The van der Waals surface area contributed by atoms with E-state index in [-0.39, 0.29) is 11.4 Å². The van der Waals surface area contributed by atoms with Gasteiger partial charge in [-0.25, -0.2) is 13.1 Å². The van der Waals surface area contributed by atoms with Crippen molar-refractivity contribution >= 4 is 21.6 Å². The molecule has 0 atom stereocenters. The van der Waals surface area contributed by atoms with Crippen LogP contribution in [0.5, 0.6) is 0 Å². The second-order valence-electron chi connectivity index (χ2n) is 4.56. The van der Waals surface area contributed by atoms with Gasteiger partial charge in [0, 0.05) is 12.1 Å². The highest BCUT2D eigenvalue weighted by atomic mass is 35.5. The number of aryl methyl sites for hydroxylation is 2. The largest absolute Gasteiger partial charge is 0.258 e. The number of benzene rings is 1. The number of rotatable bonds is 6. The van der Waals surface area contributed by atoms with Gasteiger partial charge in [0.15, 0.2) is 0 Å². The van der Waals surface area contributed by atoms with Crippen LogP contribution >= 0.6 is 11.6 Å². The number of halogens is 1. The second-order valence-corrected chi connectivity index (χ2v) is 6.70. The third-order valence-corrected chi connectivity index (χ3v) is 4.50. The Bertz CT molecular complexity index is 685. The monoisotopic (exact) mass is 325 g/mol. The molecule has 0 amide bonds. The molecule has 0 aliphatic rings. The average Bonchev–Trinajstić information content (AvgIpc) is 2.48. The fourth-order valence-electron chi connectivity index (χ4n) is 1.71.